The maximum absolute atomic E-state index is 10.8. The molecule has 2 N–H and O–H groups in total. The van der Waals surface area contributed by atoms with E-state index in [2.05, 4.69) is 0 Å². The van der Waals surface area contributed by atoms with E-state index in [0.29, 0.717) is 0 Å². The van der Waals surface area contributed by atoms with Crippen molar-refractivity contribution in [3.05, 3.63) is 0 Å². The van der Waals surface area contributed by atoms with Crippen LogP contribution in [0.25, 0.3) is 0 Å². The van der Waals surface area contributed by atoms with Crippen molar-refractivity contribution in [1.29, 1.82) is 0 Å². The minimum atomic E-state index is -0.232. The van der Waals surface area contributed by atoms with Gasteiger partial charge in [-0.15, -0.1) is 0 Å². The van der Waals surface area contributed by atoms with E-state index in [0.717, 1.165) is 12.2 Å². The van der Waals surface area contributed by atoms with E-state index in [-0.39, 0.29) is 11.9 Å². The standard InChI is InChI=1S/C7H16N2OS/c1-9(2)6(7(8)10)4-5-11-3/h6H,4-5H2,1-3H3,(H2,8,10)/t6-/m0/s1. The number of primary amides is 1. The zero-order valence-electron chi connectivity index (χ0n) is 7.33. The Hall–Kier alpha value is -0.220. The van der Waals surface area contributed by atoms with Gasteiger partial charge in [0.15, 0.2) is 0 Å². The molecule has 0 unspecified atom stereocenters. The molecule has 0 rings (SSSR count). The fraction of sp³-hybridized carbons (Fsp3) is 0.857. The number of thioether (sulfide) groups is 1. The van der Waals surface area contributed by atoms with Gasteiger partial charge in [0, 0.05) is 0 Å². The third-order valence-corrected chi connectivity index (χ3v) is 2.19. The van der Waals surface area contributed by atoms with Crippen molar-refractivity contribution >= 4 is 17.7 Å². The van der Waals surface area contributed by atoms with Gasteiger partial charge in [0.25, 0.3) is 0 Å². The van der Waals surface area contributed by atoms with E-state index in [1.807, 2.05) is 25.3 Å². The van der Waals surface area contributed by atoms with Crippen LogP contribution in [0.1, 0.15) is 6.42 Å². The first-order chi connectivity index (χ1) is 5.09. The van der Waals surface area contributed by atoms with Crippen molar-refractivity contribution in [2.75, 3.05) is 26.1 Å². The average Bonchev–Trinajstić information content (AvgIpc) is 1.87. The monoisotopic (exact) mass is 176 g/mol. The molecule has 0 aliphatic carbocycles. The molecule has 1 atom stereocenters. The van der Waals surface area contributed by atoms with Gasteiger partial charge < -0.3 is 5.73 Å². The Morgan fingerprint density at radius 2 is 2.18 bits per heavy atom. The lowest BCUT2D eigenvalue weighted by molar-refractivity contribution is -0.122. The van der Waals surface area contributed by atoms with Crippen molar-refractivity contribution in [3.8, 4) is 0 Å². The second-order valence-electron chi connectivity index (χ2n) is 2.66. The van der Waals surface area contributed by atoms with Crippen LogP contribution in [0.5, 0.6) is 0 Å². The van der Waals surface area contributed by atoms with E-state index in [1.54, 1.807) is 11.8 Å². The Balaban J connectivity index is 3.80. The van der Waals surface area contributed by atoms with Crippen LogP contribution in [0.3, 0.4) is 0 Å². The highest BCUT2D eigenvalue weighted by Gasteiger charge is 2.16. The molecule has 0 bridgehead atoms. The normalized spacial score (nSPS) is 13.5. The van der Waals surface area contributed by atoms with E-state index in [9.17, 15) is 4.79 Å². The van der Waals surface area contributed by atoms with Gasteiger partial charge >= 0.3 is 0 Å². The second-order valence-corrected chi connectivity index (χ2v) is 3.65. The van der Waals surface area contributed by atoms with Crippen LogP contribution < -0.4 is 5.73 Å². The molecular formula is C7H16N2OS. The third kappa shape index (κ3) is 4.27. The van der Waals surface area contributed by atoms with Crippen molar-refractivity contribution in [2.45, 2.75) is 12.5 Å². The number of hydrogen-bond donors (Lipinski definition) is 1. The summed E-state index contributed by atoms with van der Waals surface area (Å²) in [6.07, 6.45) is 2.86. The summed E-state index contributed by atoms with van der Waals surface area (Å²) in [5.41, 5.74) is 5.19. The first-order valence-electron chi connectivity index (χ1n) is 3.54. The van der Waals surface area contributed by atoms with E-state index in [4.69, 9.17) is 5.73 Å². The SMILES string of the molecule is CSCC[C@@H](C(N)=O)N(C)C. The number of nitrogens with two attached hydrogens (primary N) is 1. The van der Waals surface area contributed by atoms with Crippen LogP contribution in [0.2, 0.25) is 0 Å². The molecule has 3 nitrogen and oxygen atoms in total. The van der Waals surface area contributed by atoms with Crippen LogP contribution in [0, 0.1) is 0 Å². The lowest BCUT2D eigenvalue weighted by Gasteiger charge is -2.20. The third-order valence-electron chi connectivity index (χ3n) is 1.55. The topological polar surface area (TPSA) is 46.3 Å². The number of carbonyl (C=O) groups is 1. The van der Waals surface area contributed by atoms with Gasteiger partial charge in [-0.2, -0.15) is 11.8 Å². The van der Waals surface area contributed by atoms with Gasteiger partial charge in [-0.3, -0.25) is 9.69 Å². The van der Waals surface area contributed by atoms with Crippen molar-refractivity contribution in [1.82, 2.24) is 4.90 Å². The molecule has 0 aromatic heterocycles. The summed E-state index contributed by atoms with van der Waals surface area (Å²) in [7, 11) is 3.74. The molecule has 0 heterocycles. The Morgan fingerprint density at radius 3 is 2.45 bits per heavy atom. The molecule has 1 amide bonds. The van der Waals surface area contributed by atoms with Crippen LogP contribution in [0.4, 0.5) is 0 Å². The first kappa shape index (κ1) is 10.8. The van der Waals surface area contributed by atoms with Gasteiger partial charge in [-0.05, 0) is 32.5 Å². The molecular weight excluding hydrogens is 160 g/mol. The minimum Gasteiger partial charge on any atom is -0.368 e. The zero-order valence-corrected chi connectivity index (χ0v) is 8.15. The van der Waals surface area contributed by atoms with Gasteiger partial charge in [-0.1, -0.05) is 0 Å². The van der Waals surface area contributed by atoms with Crippen LogP contribution in [0.15, 0.2) is 0 Å². The molecule has 66 valence electrons. The number of carbonyl (C=O) groups excluding carboxylic acids is 1. The molecule has 0 aromatic rings. The highest BCUT2D eigenvalue weighted by atomic mass is 32.2. The van der Waals surface area contributed by atoms with E-state index in [1.165, 1.54) is 0 Å². The van der Waals surface area contributed by atoms with Crippen molar-refractivity contribution in [2.24, 2.45) is 5.73 Å². The zero-order chi connectivity index (χ0) is 8.85. The first-order valence-corrected chi connectivity index (χ1v) is 4.93. The average molecular weight is 176 g/mol. The van der Waals surface area contributed by atoms with Crippen LogP contribution in [-0.4, -0.2) is 43.0 Å². The number of nitrogens with zero attached hydrogens (tertiary/aromatic N) is 1. The molecule has 0 aliphatic rings. The summed E-state index contributed by atoms with van der Waals surface area (Å²) in [6.45, 7) is 0. The number of hydrogen-bond acceptors (Lipinski definition) is 3. The Labute approximate surface area is 72.3 Å². The molecule has 0 saturated heterocycles. The van der Waals surface area contributed by atoms with Crippen molar-refractivity contribution in [3.63, 3.8) is 0 Å². The predicted octanol–water partition coefficient (Wildman–Crippen LogP) is 0.155. The number of rotatable bonds is 5. The fourth-order valence-corrected chi connectivity index (χ4v) is 1.34. The summed E-state index contributed by atoms with van der Waals surface area (Å²) in [6, 6.07) is -0.109. The highest BCUT2D eigenvalue weighted by Crippen LogP contribution is 2.04. The maximum atomic E-state index is 10.8. The minimum absolute atomic E-state index is 0.109. The van der Waals surface area contributed by atoms with Gasteiger partial charge in [0.2, 0.25) is 5.91 Å². The predicted molar refractivity (Wildman–Crippen MR) is 49.7 cm³/mol. The van der Waals surface area contributed by atoms with Crippen LogP contribution >= 0.6 is 11.8 Å². The molecule has 4 heteroatoms. The lowest BCUT2D eigenvalue weighted by Crippen LogP contribution is -2.40. The smallest absolute Gasteiger partial charge is 0.234 e. The molecule has 0 saturated carbocycles. The van der Waals surface area contributed by atoms with Crippen LogP contribution in [-0.2, 0) is 4.79 Å². The quantitative estimate of drug-likeness (QED) is 0.649. The van der Waals surface area contributed by atoms with E-state index >= 15 is 0 Å². The van der Waals surface area contributed by atoms with E-state index < -0.39 is 0 Å². The lowest BCUT2D eigenvalue weighted by atomic mass is 10.2. The molecule has 0 spiro atoms. The Bertz CT molecular complexity index is 128. The molecule has 0 radical (unpaired) electrons. The summed E-state index contributed by atoms with van der Waals surface area (Å²) in [4.78, 5) is 12.7. The number of amides is 1. The fourth-order valence-electron chi connectivity index (χ4n) is 0.884. The molecule has 0 fully saturated rings. The van der Waals surface area contributed by atoms with Gasteiger partial charge in [-0.25, -0.2) is 0 Å². The van der Waals surface area contributed by atoms with Gasteiger partial charge in [0.05, 0.1) is 6.04 Å². The maximum Gasteiger partial charge on any atom is 0.234 e. The van der Waals surface area contributed by atoms with Gasteiger partial charge in [0.1, 0.15) is 0 Å². The summed E-state index contributed by atoms with van der Waals surface area (Å²) < 4.78 is 0. The number of likely N-dealkylation sites (N-methyl/N-ethyl adjacent to an activating group) is 1. The molecule has 11 heavy (non-hydrogen) atoms. The summed E-state index contributed by atoms with van der Waals surface area (Å²) in [5.74, 6) is 0.746. The van der Waals surface area contributed by atoms with Crippen molar-refractivity contribution < 1.29 is 4.79 Å². The Morgan fingerprint density at radius 1 is 1.64 bits per heavy atom. The molecule has 0 aromatic carbocycles. The molecule has 0 aliphatic heterocycles. The highest BCUT2D eigenvalue weighted by molar-refractivity contribution is 7.98. The summed E-state index contributed by atoms with van der Waals surface area (Å²) in [5, 5.41) is 0. The summed E-state index contributed by atoms with van der Waals surface area (Å²) >= 11 is 1.73. The largest absolute Gasteiger partial charge is 0.368 e. The second kappa shape index (κ2) is 5.43. The Kier molecular flexibility index (Phi) is 5.32.